The molecule has 1 N–H and O–H groups in total. The first-order valence-electron chi connectivity index (χ1n) is 7.23. The number of rotatable bonds is 2. The second-order valence-corrected chi connectivity index (χ2v) is 5.81. The molecule has 2 atom stereocenters. The number of likely N-dealkylation sites (tertiary alicyclic amines) is 1. The summed E-state index contributed by atoms with van der Waals surface area (Å²) in [6.45, 7) is 7.58. The SMILES string of the molecule is CC1CNCCN1c1ccc(C2CCN(C)C2)nn1. The molecule has 0 radical (unpaired) electrons. The lowest BCUT2D eigenvalue weighted by molar-refractivity contribution is 0.410. The van der Waals surface area contributed by atoms with Gasteiger partial charge >= 0.3 is 0 Å². The average Bonchev–Trinajstić information content (AvgIpc) is 2.86. The summed E-state index contributed by atoms with van der Waals surface area (Å²) in [6.07, 6.45) is 1.20. The number of nitrogens with one attached hydrogen (secondary N) is 1. The van der Waals surface area contributed by atoms with E-state index in [1.165, 1.54) is 13.0 Å². The van der Waals surface area contributed by atoms with Gasteiger partial charge in [-0.2, -0.15) is 5.10 Å². The highest BCUT2D eigenvalue weighted by molar-refractivity contribution is 5.39. The number of hydrogen-bond acceptors (Lipinski definition) is 5. The number of hydrogen-bond donors (Lipinski definition) is 1. The van der Waals surface area contributed by atoms with Crippen LogP contribution in [0.15, 0.2) is 12.1 Å². The van der Waals surface area contributed by atoms with Gasteiger partial charge in [0, 0.05) is 38.1 Å². The molecule has 2 aliphatic heterocycles. The second kappa shape index (κ2) is 5.43. The minimum absolute atomic E-state index is 0.492. The molecule has 2 fully saturated rings. The van der Waals surface area contributed by atoms with Gasteiger partial charge in [0.2, 0.25) is 0 Å². The van der Waals surface area contributed by atoms with Crippen molar-refractivity contribution < 1.29 is 0 Å². The van der Waals surface area contributed by atoms with Crippen molar-refractivity contribution in [3.63, 3.8) is 0 Å². The van der Waals surface area contributed by atoms with Gasteiger partial charge in [0.05, 0.1) is 5.69 Å². The molecule has 2 unspecified atom stereocenters. The number of aromatic nitrogens is 2. The predicted octanol–water partition coefficient (Wildman–Crippen LogP) is 0.694. The van der Waals surface area contributed by atoms with Crippen molar-refractivity contribution in [3.8, 4) is 0 Å². The molecule has 0 bridgehead atoms. The van der Waals surface area contributed by atoms with E-state index in [1.54, 1.807) is 0 Å². The number of piperazine rings is 1. The van der Waals surface area contributed by atoms with E-state index in [4.69, 9.17) is 0 Å². The Morgan fingerprint density at radius 3 is 2.79 bits per heavy atom. The molecule has 0 aromatic carbocycles. The van der Waals surface area contributed by atoms with Crippen molar-refractivity contribution in [2.75, 3.05) is 44.7 Å². The predicted molar refractivity (Wildman–Crippen MR) is 76.6 cm³/mol. The minimum Gasteiger partial charge on any atom is -0.350 e. The molecule has 1 aromatic heterocycles. The maximum absolute atomic E-state index is 4.47. The zero-order valence-electron chi connectivity index (χ0n) is 11.8. The first-order chi connectivity index (χ1) is 9.24. The van der Waals surface area contributed by atoms with Crippen molar-refractivity contribution in [3.05, 3.63) is 17.8 Å². The van der Waals surface area contributed by atoms with Crippen molar-refractivity contribution in [1.29, 1.82) is 0 Å². The number of anilines is 1. The summed E-state index contributed by atoms with van der Waals surface area (Å²) in [6, 6.07) is 4.80. The summed E-state index contributed by atoms with van der Waals surface area (Å²) in [5, 5.41) is 12.3. The molecule has 3 rings (SSSR count). The van der Waals surface area contributed by atoms with Crippen LogP contribution in [-0.4, -0.2) is 60.9 Å². The monoisotopic (exact) mass is 261 g/mol. The van der Waals surface area contributed by atoms with Crippen LogP contribution in [0.2, 0.25) is 0 Å². The third-order valence-electron chi connectivity index (χ3n) is 4.28. The smallest absolute Gasteiger partial charge is 0.151 e. The Morgan fingerprint density at radius 1 is 1.26 bits per heavy atom. The molecule has 1 aromatic rings. The van der Waals surface area contributed by atoms with Crippen molar-refractivity contribution in [2.45, 2.75) is 25.3 Å². The summed E-state index contributed by atoms with van der Waals surface area (Å²) >= 11 is 0. The molecule has 0 spiro atoms. The van der Waals surface area contributed by atoms with Gasteiger partial charge in [-0.05, 0) is 39.1 Å². The second-order valence-electron chi connectivity index (χ2n) is 5.81. The van der Waals surface area contributed by atoms with Crippen LogP contribution in [0.1, 0.15) is 25.0 Å². The number of likely N-dealkylation sites (N-methyl/N-ethyl adjacent to an activating group) is 1. The Labute approximate surface area is 115 Å². The number of nitrogens with zero attached hydrogens (tertiary/aromatic N) is 4. The zero-order chi connectivity index (χ0) is 13.2. The minimum atomic E-state index is 0.492. The third-order valence-corrected chi connectivity index (χ3v) is 4.28. The van der Waals surface area contributed by atoms with Gasteiger partial charge in [0.1, 0.15) is 0 Å². The van der Waals surface area contributed by atoms with E-state index in [-0.39, 0.29) is 0 Å². The molecule has 0 amide bonds. The fourth-order valence-corrected chi connectivity index (χ4v) is 3.06. The van der Waals surface area contributed by atoms with E-state index >= 15 is 0 Å². The Balaban J connectivity index is 1.71. The Bertz CT molecular complexity index is 418. The van der Waals surface area contributed by atoms with Crippen LogP contribution in [0, 0.1) is 0 Å². The van der Waals surface area contributed by atoms with E-state index in [0.717, 1.165) is 37.7 Å². The van der Waals surface area contributed by atoms with Crippen molar-refractivity contribution in [1.82, 2.24) is 20.4 Å². The van der Waals surface area contributed by atoms with Crippen LogP contribution in [0.3, 0.4) is 0 Å². The van der Waals surface area contributed by atoms with Gasteiger partial charge in [0.15, 0.2) is 5.82 Å². The molecular weight excluding hydrogens is 238 g/mol. The zero-order valence-corrected chi connectivity index (χ0v) is 11.8. The molecule has 104 valence electrons. The molecule has 2 aliphatic rings. The molecule has 3 heterocycles. The Kier molecular flexibility index (Phi) is 3.66. The van der Waals surface area contributed by atoms with E-state index in [9.17, 15) is 0 Å². The van der Waals surface area contributed by atoms with Crippen LogP contribution in [0.25, 0.3) is 0 Å². The van der Waals surface area contributed by atoms with Crippen LogP contribution in [0.4, 0.5) is 5.82 Å². The van der Waals surface area contributed by atoms with Gasteiger partial charge in [0.25, 0.3) is 0 Å². The summed E-state index contributed by atoms with van der Waals surface area (Å²) in [5.41, 5.74) is 1.15. The van der Waals surface area contributed by atoms with Gasteiger partial charge < -0.3 is 15.1 Å². The maximum atomic E-state index is 4.47. The Hall–Kier alpha value is -1.20. The van der Waals surface area contributed by atoms with Gasteiger partial charge in [-0.15, -0.1) is 5.10 Å². The molecule has 2 saturated heterocycles. The molecule has 19 heavy (non-hydrogen) atoms. The highest BCUT2D eigenvalue weighted by atomic mass is 15.3. The highest BCUT2D eigenvalue weighted by Crippen LogP contribution is 2.25. The van der Waals surface area contributed by atoms with Gasteiger partial charge in [-0.3, -0.25) is 0 Å². The highest BCUT2D eigenvalue weighted by Gasteiger charge is 2.24. The lowest BCUT2D eigenvalue weighted by atomic mass is 10.0. The first-order valence-corrected chi connectivity index (χ1v) is 7.23. The summed E-state index contributed by atoms with van der Waals surface area (Å²) in [7, 11) is 2.17. The standard InChI is InChI=1S/C14H23N5/c1-11-9-15-6-8-19(11)14-4-3-13(16-17-14)12-5-7-18(2)10-12/h3-4,11-12,15H,5-10H2,1-2H3. The summed E-state index contributed by atoms with van der Waals surface area (Å²) in [4.78, 5) is 4.70. The fourth-order valence-electron chi connectivity index (χ4n) is 3.06. The third kappa shape index (κ3) is 2.72. The molecule has 5 heteroatoms. The van der Waals surface area contributed by atoms with Crippen LogP contribution >= 0.6 is 0 Å². The lowest BCUT2D eigenvalue weighted by Gasteiger charge is -2.34. The van der Waals surface area contributed by atoms with Crippen molar-refractivity contribution >= 4 is 5.82 Å². The van der Waals surface area contributed by atoms with E-state index in [2.05, 4.69) is 51.4 Å². The quantitative estimate of drug-likeness (QED) is 0.849. The van der Waals surface area contributed by atoms with Gasteiger partial charge in [-0.1, -0.05) is 0 Å². The fraction of sp³-hybridized carbons (Fsp3) is 0.714. The van der Waals surface area contributed by atoms with Crippen LogP contribution in [-0.2, 0) is 0 Å². The molecule has 5 nitrogen and oxygen atoms in total. The van der Waals surface area contributed by atoms with E-state index in [0.29, 0.717) is 12.0 Å². The van der Waals surface area contributed by atoms with E-state index < -0.39 is 0 Å². The molecule has 0 saturated carbocycles. The normalized spacial score (nSPS) is 28.8. The first kappa shape index (κ1) is 12.8. The van der Waals surface area contributed by atoms with Crippen LogP contribution < -0.4 is 10.2 Å². The molecule has 0 aliphatic carbocycles. The summed E-state index contributed by atoms with van der Waals surface area (Å²) < 4.78 is 0. The largest absolute Gasteiger partial charge is 0.350 e. The van der Waals surface area contributed by atoms with Gasteiger partial charge in [-0.25, -0.2) is 0 Å². The van der Waals surface area contributed by atoms with Crippen molar-refractivity contribution in [2.24, 2.45) is 0 Å². The topological polar surface area (TPSA) is 44.3 Å². The maximum Gasteiger partial charge on any atom is 0.151 e. The Morgan fingerprint density at radius 2 is 2.16 bits per heavy atom. The van der Waals surface area contributed by atoms with E-state index in [1.807, 2.05) is 0 Å². The van der Waals surface area contributed by atoms with Crippen LogP contribution in [0.5, 0.6) is 0 Å². The lowest BCUT2D eigenvalue weighted by Crippen LogP contribution is -2.50. The summed E-state index contributed by atoms with van der Waals surface area (Å²) in [5.74, 6) is 1.58. The molecular formula is C14H23N5. The average molecular weight is 261 g/mol.